The Kier molecular flexibility index (Phi) is 7.39. The minimum Gasteiger partial charge on any atom is -0.293 e. The summed E-state index contributed by atoms with van der Waals surface area (Å²) in [7, 11) is 0. The summed E-state index contributed by atoms with van der Waals surface area (Å²) in [6.45, 7) is 11.9. The molecule has 0 radical (unpaired) electrons. The molecule has 0 amide bonds. The van der Waals surface area contributed by atoms with Crippen LogP contribution in [0, 0.1) is 24.4 Å². The van der Waals surface area contributed by atoms with E-state index >= 15 is 0 Å². The third-order valence-corrected chi connectivity index (χ3v) is 6.92. The van der Waals surface area contributed by atoms with Crippen LogP contribution in [-0.4, -0.2) is 40.9 Å². The topological polar surface area (TPSA) is 104 Å². The van der Waals surface area contributed by atoms with Gasteiger partial charge in [-0.1, -0.05) is 85.7 Å². The van der Waals surface area contributed by atoms with Crippen LogP contribution in [0.5, 0.6) is 0 Å². The zero-order valence-electron chi connectivity index (χ0n) is 22.4. The number of benzene rings is 2. The molecule has 2 aromatic heterocycles. The monoisotopic (exact) mass is 530 g/mol. The normalized spacial score (nSPS) is 14.4. The average Bonchev–Trinajstić information content (AvgIpc) is 3.57. The fourth-order valence-electron chi connectivity index (χ4n) is 4.87. The molecule has 10 nitrogen and oxygen atoms in total. The highest BCUT2D eigenvalue weighted by Gasteiger charge is 2.28. The fourth-order valence-corrected chi connectivity index (χ4v) is 5.29. The van der Waals surface area contributed by atoms with Crippen LogP contribution in [0.25, 0.3) is 11.4 Å². The van der Waals surface area contributed by atoms with E-state index in [4.69, 9.17) is 12.2 Å². The average molecular weight is 531 g/mol. The Hall–Kier alpha value is -3.83. The van der Waals surface area contributed by atoms with E-state index in [0.29, 0.717) is 35.3 Å². The van der Waals surface area contributed by atoms with Crippen molar-refractivity contribution in [2.24, 2.45) is 11.0 Å². The molecule has 1 aliphatic rings. The smallest absolute Gasteiger partial charge is 0.189 e. The Bertz CT molecular complexity index is 1510. The quantitative estimate of drug-likeness (QED) is 0.271. The molecule has 0 saturated heterocycles. The number of hydrogen-bond donors (Lipinski definition) is 3. The van der Waals surface area contributed by atoms with Crippen molar-refractivity contribution in [3.8, 4) is 11.4 Å². The molecule has 0 aliphatic carbocycles. The van der Waals surface area contributed by atoms with Crippen molar-refractivity contribution < 1.29 is 0 Å². The van der Waals surface area contributed by atoms with E-state index in [2.05, 4.69) is 114 Å². The molecule has 4 aromatic rings. The number of rotatable bonds is 9. The number of nitrogens with one attached hydrogen (secondary N) is 3. The highest BCUT2D eigenvalue weighted by atomic mass is 32.1. The summed E-state index contributed by atoms with van der Waals surface area (Å²) in [5.74, 6) is 1.74. The summed E-state index contributed by atoms with van der Waals surface area (Å²) in [5.41, 5.74) is 12.6. The molecule has 1 unspecified atom stereocenters. The van der Waals surface area contributed by atoms with E-state index in [1.807, 2.05) is 15.9 Å². The predicted molar refractivity (Wildman–Crippen MR) is 150 cm³/mol. The second-order valence-electron chi connectivity index (χ2n) is 10.4. The number of aryl methyl sites for hydroxylation is 2. The fraction of sp³-hybridized carbons (Fsp3) is 0.370. The first-order valence-corrected chi connectivity index (χ1v) is 13.3. The van der Waals surface area contributed by atoms with Crippen molar-refractivity contribution in [3.63, 3.8) is 0 Å². The van der Waals surface area contributed by atoms with Crippen molar-refractivity contribution >= 4 is 18.1 Å². The van der Waals surface area contributed by atoms with Gasteiger partial charge >= 0.3 is 0 Å². The van der Waals surface area contributed by atoms with E-state index in [0.717, 1.165) is 23.2 Å². The zero-order valence-corrected chi connectivity index (χ0v) is 23.3. The van der Waals surface area contributed by atoms with Crippen molar-refractivity contribution in [2.75, 3.05) is 0 Å². The van der Waals surface area contributed by atoms with Crippen molar-refractivity contribution in [2.45, 2.75) is 60.2 Å². The number of nitrogens with zero attached hydrogens (tertiary/aromatic N) is 7. The number of aromatic nitrogens is 6. The highest BCUT2D eigenvalue weighted by Crippen LogP contribution is 2.28. The molecule has 3 N–H and O–H groups in total. The third-order valence-electron chi connectivity index (χ3n) is 6.52. The van der Waals surface area contributed by atoms with E-state index in [1.54, 1.807) is 4.68 Å². The molecule has 5 rings (SSSR count). The van der Waals surface area contributed by atoms with Crippen LogP contribution in [0.1, 0.15) is 61.2 Å². The summed E-state index contributed by atoms with van der Waals surface area (Å²) >= 11 is 6.03. The van der Waals surface area contributed by atoms with Crippen molar-refractivity contribution in [3.05, 3.63) is 81.1 Å². The largest absolute Gasteiger partial charge is 0.293 e. The molecule has 0 bridgehead atoms. The molecule has 3 heterocycles. The van der Waals surface area contributed by atoms with Gasteiger partial charge in [-0.15, -0.1) is 15.3 Å². The van der Waals surface area contributed by atoms with Crippen LogP contribution in [0.15, 0.2) is 53.6 Å². The van der Waals surface area contributed by atoms with Gasteiger partial charge in [-0.25, -0.2) is 10.2 Å². The molecule has 0 spiro atoms. The molecule has 198 valence electrons. The summed E-state index contributed by atoms with van der Waals surface area (Å²) in [5, 5.41) is 22.7. The number of hydrazine groups is 2. The maximum Gasteiger partial charge on any atom is 0.189 e. The lowest BCUT2D eigenvalue weighted by atomic mass is 10.1. The Morgan fingerprint density at radius 3 is 2.29 bits per heavy atom. The molecule has 38 heavy (non-hydrogen) atoms. The highest BCUT2D eigenvalue weighted by molar-refractivity contribution is 7.71. The van der Waals surface area contributed by atoms with Gasteiger partial charge < -0.3 is 0 Å². The maximum absolute atomic E-state index is 6.03. The number of H-pyrrole nitrogens is 1. The van der Waals surface area contributed by atoms with Gasteiger partial charge in [0.15, 0.2) is 11.7 Å². The number of tetrazole rings is 1. The Morgan fingerprint density at radius 2 is 1.63 bits per heavy atom. The first kappa shape index (κ1) is 25.8. The lowest BCUT2D eigenvalue weighted by Crippen LogP contribution is -2.41. The predicted octanol–water partition coefficient (Wildman–Crippen LogP) is 4.66. The van der Waals surface area contributed by atoms with E-state index in [9.17, 15) is 0 Å². The standard InChI is InChI=1S/C27H34N10S/c1-17(2)12-20(5)37-27(38)23(26-29-32-34-35(26)15-21-10-6-8-18(3)13-21)24(30-37)25-28-33-36(31-25)16-22-11-7-9-19(4)14-22/h6-11,13-14,17,20,30,33H,12,15-16H2,1-5H3,(H,28,31). The van der Waals surface area contributed by atoms with Crippen LogP contribution in [0.2, 0.25) is 0 Å². The number of hydrogen-bond acceptors (Lipinski definition) is 8. The summed E-state index contributed by atoms with van der Waals surface area (Å²) in [6, 6.07) is 16.9. The lowest BCUT2D eigenvalue weighted by molar-refractivity contribution is 0.170. The summed E-state index contributed by atoms with van der Waals surface area (Å²) in [4.78, 5) is 0. The second-order valence-corrected chi connectivity index (χ2v) is 10.8. The summed E-state index contributed by atoms with van der Waals surface area (Å²) in [6.07, 6.45) is 0.972. The molecular weight excluding hydrogens is 496 g/mol. The first-order valence-electron chi connectivity index (χ1n) is 12.9. The number of amidine groups is 1. The Morgan fingerprint density at radius 1 is 0.947 bits per heavy atom. The van der Waals surface area contributed by atoms with Gasteiger partial charge in [0, 0.05) is 6.04 Å². The van der Waals surface area contributed by atoms with Gasteiger partial charge in [-0.2, -0.15) is 0 Å². The molecule has 0 saturated carbocycles. The van der Waals surface area contributed by atoms with Gasteiger partial charge in [0.25, 0.3) is 0 Å². The minimum atomic E-state index is 0.162. The van der Waals surface area contributed by atoms with Crippen LogP contribution in [-0.2, 0) is 13.1 Å². The van der Waals surface area contributed by atoms with Gasteiger partial charge in [0.05, 0.1) is 18.7 Å². The molecule has 1 aliphatic heterocycles. The van der Waals surface area contributed by atoms with Crippen LogP contribution in [0.3, 0.4) is 0 Å². The third kappa shape index (κ3) is 5.53. The SMILES string of the molecule is Cc1cccc(CN2NN=C(c3[nH]n(C(C)CC(C)C)c(=S)c3-c3nnnn3Cc3cccc(C)c3)N2)c1. The van der Waals surface area contributed by atoms with E-state index in [1.165, 1.54) is 16.7 Å². The zero-order chi connectivity index (χ0) is 26.8. The first-order chi connectivity index (χ1) is 18.3. The van der Waals surface area contributed by atoms with E-state index in [-0.39, 0.29) is 6.04 Å². The van der Waals surface area contributed by atoms with Crippen LogP contribution in [0.4, 0.5) is 0 Å². The molecule has 11 heteroatoms. The van der Waals surface area contributed by atoms with Crippen molar-refractivity contribution in [1.82, 2.24) is 46.1 Å². The molecule has 0 fully saturated rings. The van der Waals surface area contributed by atoms with Gasteiger partial charge in [-0.3, -0.25) is 15.2 Å². The number of hydrazone groups is 1. The Balaban J connectivity index is 1.50. The van der Waals surface area contributed by atoms with Crippen molar-refractivity contribution in [1.29, 1.82) is 0 Å². The van der Waals surface area contributed by atoms with Gasteiger partial charge in [0.2, 0.25) is 0 Å². The number of aromatic amines is 1. The van der Waals surface area contributed by atoms with Gasteiger partial charge in [0.1, 0.15) is 10.3 Å². The maximum atomic E-state index is 6.03. The molecular formula is C27H34N10S. The van der Waals surface area contributed by atoms with E-state index < -0.39 is 0 Å². The van der Waals surface area contributed by atoms with Crippen LogP contribution >= 0.6 is 12.2 Å². The second kappa shape index (κ2) is 10.9. The minimum absolute atomic E-state index is 0.162. The molecule has 1 atom stereocenters. The van der Waals surface area contributed by atoms with Gasteiger partial charge in [-0.05, 0) is 54.7 Å². The Labute approximate surface area is 227 Å². The summed E-state index contributed by atoms with van der Waals surface area (Å²) < 4.78 is 4.47. The van der Waals surface area contributed by atoms with Crippen LogP contribution < -0.4 is 11.0 Å². The molecule has 2 aromatic carbocycles. The lowest BCUT2D eigenvalue weighted by Gasteiger charge is -2.16.